The summed E-state index contributed by atoms with van der Waals surface area (Å²) in [6, 6.07) is 6.71. The van der Waals surface area contributed by atoms with Crippen molar-refractivity contribution in [3.8, 4) is 11.9 Å². The van der Waals surface area contributed by atoms with E-state index in [1.165, 1.54) is 19.4 Å². The molecule has 2 rings (SSSR count). The zero-order valence-corrected chi connectivity index (χ0v) is 11.6. The Morgan fingerprint density at radius 3 is 2.80 bits per heavy atom. The highest BCUT2D eigenvalue weighted by Gasteiger charge is 2.14. The Bertz CT molecular complexity index is 698. The van der Waals surface area contributed by atoms with Gasteiger partial charge in [-0.25, -0.2) is 4.98 Å². The second-order valence-corrected chi connectivity index (χ2v) is 4.48. The highest BCUT2D eigenvalue weighted by Crippen LogP contribution is 2.31. The van der Waals surface area contributed by atoms with Gasteiger partial charge in [0.2, 0.25) is 5.82 Å². The van der Waals surface area contributed by atoms with E-state index in [1.807, 2.05) is 6.07 Å². The maximum Gasteiger partial charge on any atom is 0.252 e. The molecule has 0 fully saturated rings. The number of benzene rings is 1. The molecule has 0 saturated carbocycles. The van der Waals surface area contributed by atoms with E-state index in [2.05, 4.69) is 10.3 Å². The number of methoxy groups -OCH3 is 1. The Labute approximate surface area is 120 Å². The fourth-order valence-corrected chi connectivity index (χ4v) is 1.90. The van der Waals surface area contributed by atoms with Gasteiger partial charge in [-0.3, -0.25) is 0 Å². The third-order valence-corrected chi connectivity index (χ3v) is 3.04. The van der Waals surface area contributed by atoms with Crippen LogP contribution in [0, 0.1) is 24.1 Å². The van der Waals surface area contributed by atoms with Crippen LogP contribution in [0.15, 0.2) is 24.4 Å². The van der Waals surface area contributed by atoms with E-state index >= 15 is 0 Å². The molecule has 1 heterocycles. The number of aromatic nitrogens is 1. The molecule has 0 amide bonds. The predicted octanol–water partition coefficient (Wildman–Crippen LogP) is 3.81. The molecular formula is C14H11ClFN3O. The Balaban J connectivity index is 2.43. The second kappa shape index (κ2) is 5.76. The van der Waals surface area contributed by atoms with Crippen molar-refractivity contribution in [2.45, 2.75) is 6.92 Å². The van der Waals surface area contributed by atoms with Gasteiger partial charge < -0.3 is 10.1 Å². The van der Waals surface area contributed by atoms with Gasteiger partial charge in [-0.05, 0) is 30.7 Å². The number of aryl methyl sites for hydroxylation is 1. The zero-order chi connectivity index (χ0) is 14.7. The van der Waals surface area contributed by atoms with Crippen LogP contribution in [0.25, 0.3) is 0 Å². The first-order chi connectivity index (χ1) is 9.56. The largest absolute Gasteiger partial charge is 0.479 e. The molecule has 2 aromatic rings. The summed E-state index contributed by atoms with van der Waals surface area (Å²) in [5, 5.41) is 12.0. The van der Waals surface area contributed by atoms with Gasteiger partial charge in [-0.15, -0.1) is 0 Å². The van der Waals surface area contributed by atoms with Crippen molar-refractivity contribution in [2.24, 2.45) is 0 Å². The van der Waals surface area contributed by atoms with Crippen LogP contribution in [-0.4, -0.2) is 12.1 Å². The maximum atomic E-state index is 14.2. The van der Waals surface area contributed by atoms with Crippen LogP contribution < -0.4 is 10.1 Å². The van der Waals surface area contributed by atoms with Crippen LogP contribution in [0.1, 0.15) is 11.1 Å². The van der Waals surface area contributed by atoms with E-state index in [0.29, 0.717) is 21.8 Å². The number of nitrogens with zero attached hydrogens (tertiary/aromatic N) is 2. The molecule has 4 nitrogen and oxygen atoms in total. The number of hydrogen-bond acceptors (Lipinski definition) is 4. The van der Waals surface area contributed by atoms with Crippen molar-refractivity contribution in [3.63, 3.8) is 0 Å². The third-order valence-electron chi connectivity index (χ3n) is 2.73. The first-order valence-electron chi connectivity index (χ1n) is 5.72. The average molecular weight is 292 g/mol. The van der Waals surface area contributed by atoms with E-state index in [1.54, 1.807) is 19.1 Å². The number of ether oxygens (including phenoxy) is 1. The van der Waals surface area contributed by atoms with Gasteiger partial charge in [-0.2, -0.15) is 9.65 Å². The number of rotatable bonds is 3. The first kappa shape index (κ1) is 14.1. The van der Waals surface area contributed by atoms with E-state index in [0.717, 1.165) is 0 Å². The molecule has 0 aliphatic carbocycles. The van der Waals surface area contributed by atoms with Crippen LogP contribution in [-0.2, 0) is 0 Å². The molecule has 1 N–H and O–H groups in total. The fraction of sp³-hybridized carbons (Fsp3) is 0.143. The normalized spacial score (nSPS) is 9.95. The topological polar surface area (TPSA) is 57.9 Å². The van der Waals surface area contributed by atoms with Crippen molar-refractivity contribution in [1.82, 2.24) is 4.98 Å². The monoisotopic (exact) mass is 291 g/mol. The second-order valence-electron chi connectivity index (χ2n) is 4.07. The molecule has 0 spiro atoms. The summed E-state index contributed by atoms with van der Waals surface area (Å²) in [4.78, 5) is 3.84. The molecule has 1 aromatic carbocycles. The maximum absolute atomic E-state index is 14.2. The van der Waals surface area contributed by atoms with Crippen molar-refractivity contribution >= 4 is 23.0 Å². The third kappa shape index (κ3) is 2.65. The van der Waals surface area contributed by atoms with Crippen LogP contribution >= 0.6 is 11.6 Å². The molecule has 0 aliphatic rings. The van der Waals surface area contributed by atoms with Crippen molar-refractivity contribution in [2.75, 3.05) is 12.4 Å². The molecule has 0 bridgehead atoms. The van der Waals surface area contributed by atoms with E-state index in [9.17, 15) is 4.39 Å². The number of anilines is 2. The molecule has 0 unspecified atom stereocenters. The lowest BCUT2D eigenvalue weighted by molar-refractivity contribution is 0.370. The van der Waals surface area contributed by atoms with Gasteiger partial charge in [0.25, 0.3) is 5.88 Å². The summed E-state index contributed by atoms with van der Waals surface area (Å²) in [7, 11) is 1.35. The number of pyridine rings is 1. The smallest absolute Gasteiger partial charge is 0.252 e. The molecule has 1 aromatic heterocycles. The lowest BCUT2D eigenvalue weighted by atomic mass is 10.2. The molecule has 0 aliphatic heterocycles. The Morgan fingerprint density at radius 1 is 1.45 bits per heavy atom. The number of nitrogens with one attached hydrogen (secondary N) is 1. The van der Waals surface area contributed by atoms with E-state index in [4.69, 9.17) is 21.6 Å². The van der Waals surface area contributed by atoms with Crippen LogP contribution in [0.3, 0.4) is 0 Å². The van der Waals surface area contributed by atoms with Crippen molar-refractivity contribution in [3.05, 3.63) is 46.4 Å². The summed E-state index contributed by atoms with van der Waals surface area (Å²) < 4.78 is 19.0. The lowest BCUT2D eigenvalue weighted by Crippen LogP contribution is -2.02. The fourth-order valence-electron chi connectivity index (χ4n) is 1.67. The number of nitriles is 1. The highest BCUT2D eigenvalue weighted by molar-refractivity contribution is 6.33. The van der Waals surface area contributed by atoms with Crippen LogP contribution in [0.5, 0.6) is 5.88 Å². The van der Waals surface area contributed by atoms with Gasteiger partial charge in [0, 0.05) is 6.20 Å². The summed E-state index contributed by atoms with van der Waals surface area (Å²) in [5.74, 6) is -0.684. The quantitative estimate of drug-likeness (QED) is 0.934. The van der Waals surface area contributed by atoms with E-state index in [-0.39, 0.29) is 11.6 Å². The number of halogens is 2. The summed E-state index contributed by atoms with van der Waals surface area (Å²) in [6.07, 6.45) is 1.50. The zero-order valence-electron chi connectivity index (χ0n) is 10.9. The standard InChI is InChI=1S/C14H11ClFN3O/c1-8-7-18-14(20-2)12(16)13(8)19-11-4-3-9(6-17)5-10(11)15/h3-5,7H,1-2H3,(H,18,19). The SMILES string of the molecule is COc1ncc(C)c(Nc2ccc(C#N)cc2Cl)c1F. The van der Waals surface area contributed by atoms with Crippen molar-refractivity contribution < 1.29 is 9.13 Å². The minimum atomic E-state index is -0.590. The predicted molar refractivity (Wildman–Crippen MR) is 74.9 cm³/mol. The van der Waals surface area contributed by atoms with Crippen LogP contribution in [0.4, 0.5) is 15.8 Å². The lowest BCUT2D eigenvalue weighted by Gasteiger charge is -2.13. The van der Waals surface area contributed by atoms with Gasteiger partial charge in [0.15, 0.2) is 0 Å². The van der Waals surface area contributed by atoms with Crippen molar-refractivity contribution in [1.29, 1.82) is 5.26 Å². The van der Waals surface area contributed by atoms with Gasteiger partial charge in [-0.1, -0.05) is 11.6 Å². The average Bonchev–Trinajstić information content (AvgIpc) is 2.45. The summed E-state index contributed by atoms with van der Waals surface area (Å²) in [5.41, 5.74) is 1.79. The Hall–Kier alpha value is -2.32. The Kier molecular flexibility index (Phi) is 4.06. The van der Waals surface area contributed by atoms with Gasteiger partial charge in [0.05, 0.1) is 35.1 Å². The van der Waals surface area contributed by atoms with Crippen LogP contribution in [0.2, 0.25) is 5.02 Å². The summed E-state index contributed by atoms with van der Waals surface area (Å²) in [6.45, 7) is 1.72. The highest BCUT2D eigenvalue weighted by atomic mass is 35.5. The van der Waals surface area contributed by atoms with Gasteiger partial charge >= 0.3 is 0 Å². The molecule has 0 radical (unpaired) electrons. The number of hydrogen-bond donors (Lipinski definition) is 1. The van der Waals surface area contributed by atoms with Gasteiger partial charge in [0.1, 0.15) is 0 Å². The molecule has 102 valence electrons. The minimum absolute atomic E-state index is 0.0946. The molecule has 20 heavy (non-hydrogen) atoms. The minimum Gasteiger partial charge on any atom is -0.479 e. The Morgan fingerprint density at radius 2 is 2.20 bits per heavy atom. The first-order valence-corrected chi connectivity index (χ1v) is 6.10. The van der Waals surface area contributed by atoms with E-state index < -0.39 is 5.82 Å². The molecule has 0 saturated heterocycles. The molecule has 6 heteroatoms. The molecular weight excluding hydrogens is 281 g/mol. The molecule has 0 atom stereocenters. The summed E-state index contributed by atoms with van der Waals surface area (Å²) >= 11 is 6.05.